The fraction of sp³-hybridized carbons (Fsp3) is 0.455. The van der Waals surface area contributed by atoms with E-state index in [1.807, 2.05) is 17.0 Å². The number of amides is 1. The number of nitrogens with two attached hydrogens (primary N) is 1. The monoisotopic (exact) mass is 220 g/mol. The molecule has 1 unspecified atom stereocenters. The van der Waals surface area contributed by atoms with E-state index in [1.165, 1.54) is 0 Å². The van der Waals surface area contributed by atoms with Gasteiger partial charge in [-0.2, -0.15) is 0 Å². The second kappa shape index (κ2) is 4.49. The molecule has 0 aliphatic carbocycles. The third-order valence-electron chi connectivity index (χ3n) is 2.75. The maximum atomic E-state index is 11.6. The molecule has 1 atom stereocenters. The molecule has 0 spiro atoms. The first-order chi connectivity index (χ1) is 7.69. The number of pyridine rings is 1. The van der Waals surface area contributed by atoms with Crippen molar-refractivity contribution in [1.29, 1.82) is 0 Å². The Labute approximate surface area is 94.6 Å². The van der Waals surface area contributed by atoms with Gasteiger partial charge in [-0.25, -0.2) is 10.8 Å². The quantitative estimate of drug-likeness (QED) is 0.582. The Morgan fingerprint density at radius 1 is 1.69 bits per heavy atom. The van der Waals surface area contributed by atoms with Crippen molar-refractivity contribution in [2.45, 2.75) is 19.9 Å². The molecule has 0 aromatic carbocycles. The van der Waals surface area contributed by atoms with Crippen LogP contribution in [0.3, 0.4) is 0 Å². The summed E-state index contributed by atoms with van der Waals surface area (Å²) in [6.45, 7) is 3.57. The van der Waals surface area contributed by atoms with E-state index < -0.39 is 0 Å². The van der Waals surface area contributed by atoms with Crippen LogP contribution >= 0.6 is 0 Å². The van der Waals surface area contributed by atoms with Gasteiger partial charge in [-0.3, -0.25) is 4.79 Å². The highest BCUT2D eigenvalue weighted by Gasteiger charge is 2.26. The Kier molecular flexibility index (Phi) is 3.05. The van der Waals surface area contributed by atoms with Crippen molar-refractivity contribution in [3.8, 4) is 0 Å². The Morgan fingerprint density at radius 2 is 2.50 bits per heavy atom. The molecule has 1 aromatic rings. The summed E-state index contributed by atoms with van der Waals surface area (Å²) < 4.78 is 0. The van der Waals surface area contributed by atoms with Crippen molar-refractivity contribution in [2.24, 2.45) is 11.8 Å². The second-order valence-electron chi connectivity index (χ2n) is 4.28. The van der Waals surface area contributed by atoms with E-state index >= 15 is 0 Å². The summed E-state index contributed by atoms with van der Waals surface area (Å²) in [5.41, 5.74) is 3.54. The van der Waals surface area contributed by atoms with E-state index in [0.717, 1.165) is 12.1 Å². The Balaban J connectivity index is 2.06. The van der Waals surface area contributed by atoms with Gasteiger partial charge in [0.15, 0.2) is 0 Å². The normalized spacial score (nSPS) is 20.2. The van der Waals surface area contributed by atoms with Crippen LogP contribution in [0.15, 0.2) is 18.3 Å². The van der Waals surface area contributed by atoms with Gasteiger partial charge in [-0.05, 0) is 23.6 Å². The average Bonchev–Trinajstić information content (AvgIpc) is 2.58. The number of hydrogen-bond donors (Lipinski definition) is 2. The van der Waals surface area contributed by atoms with E-state index in [-0.39, 0.29) is 5.91 Å². The number of carbonyl (C=O) groups is 1. The second-order valence-corrected chi connectivity index (χ2v) is 4.28. The minimum atomic E-state index is 0.228. The van der Waals surface area contributed by atoms with Gasteiger partial charge < -0.3 is 10.3 Å². The highest BCUT2D eigenvalue weighted by Crippen LogP contribution is 2.19. The molecule has 1 aromatic heterocycles. The van der Waals surface area contributed by atoms with Gasteiger partial charge in [0, 0.05) is 25.7 Å². The molecule has 1 aliphatic heterocycles. The number of hydrazine groups is 1. The van der Waals surface area contributed by atoms with Crippen LogP contribution in [0, 0.1) is 5.92 Å². The van der Waals surface area contributed by atoms with Crippen LogP contribution in [0.5, 0.6) is 0 Å². The van der Waals surface area contributed by atoms with Gasteiger partial charge in [0.05, 0.1) is 0 Å². The lowest BCUT2D eigenvalue weighted by Crippen LogP contribution is -2.24. The zero-order valence-electron chi connectivity index (χ0n) is 9.31. The zero-order valence-corrected chi connectivity index (χ0v) is 9.31. The van der Waals surface area contributed by atoms with Gasteiger partial charge in [0.2, 0.25) is 5.91 Å². The van der Waals surface area contributed by atoms with Crippen molar-refractivity contribution < 1.29 is 4.79 Å². The topological polar surface area (TPSA) is 71.2 Å². The molecule has 16 heavy (non-hydrogen) atoms. The number of rotatable bonds is 3. The van der Waals surface area contributed by atoms with Crippen molar-refractivity contribution in [2.75, 3.05) is 12.0 Å². The lowest BCUT2D eigenvalue weighted by atomic mass is 10.2. The summed E-state index contributed by atoms with van der Waals surface area (Å²) in [7, 11) is 0. The standard InChI is InChI=1S/C11H16N4O/c1-8-4-11(16)15(6-8)7-9-2-3-13-10(5-9)14-12/h2-3,5,8H,4,6-7,12H2,1H3,(H,13,14). The maximum absolute atomic E-state index is 11.6. The molecule has 0 saturated carbocycles. The predicted octanol–water partition coefficient (Wildman–Crippen LogP) is 0.736. The number of nitrogens with one attached hydrogen (secondary N) is 1. The summed E-state index contributed by atoms with van der Waals surface area (Å²) in [6, 6.07) is 3.76. The van der Waals surface area contributed by atoms with E-state index in [1.54, 1.807) is 6.20 Å². The molecule has 2 heterocycles. The number of carbonyl (C=O) groups excluding carboxylic acids is 1. The molecule has 0 radical (unpaired) electrons. The van der Waals surface area contributed by atoms with Crippen LogP contribution in [0.25, 0.3) is 0 Å². The van der Waals surface area contributed by atoms with Gasteiger partial charge in [-0.15, -0.1) is 0 Å². The predicted molar refractivity (Wildman–Crippen MR) is 61.2 cm³/mol. The molecule has 1 fully saturated rings. The van der Waals surface area contributed by atoms with Crippen LogP contribution in [-0.2, 0) is 11.3 Å². The summed E-state index contributed by atoms with van der Waals surface area (Å²) in [5, 5.41) is 0. The van der Waals surface area contributed by atoms with E-state index in [9.17, 15) is 4.79 Å². The van der Waals surface area contributed by atoms with Crippen LogP contribution < -0.4 is 11.3 Å². The largest absolute Gasteiger partial charge is 0.338 e. The molecule has 1 aliphatic rings. The summed E-state index contributed by atoms with van der Waals surface area (Å²) in [4.78, 5) is 17.5. The maximum Gasteiger partial charge on any atom is 0.223 e. The molecule has 3 N–H and O–H groups in total. The molecule has 86 valence electrons. The molecule has 2 rings (SSSR count). The van der Waals surface area contributed by atoms with Crippen LogP contribution in [-0.4, -0.2) is 22.3 Å². The van der Waals surface area contributed by atoms with Gasteiger partial charge in [-0.1, -0.05) is 6.92 Å². The molecule has 1 amide bonds. The Bertz CT molecular complexity index is 393. The summed E-state index contributed by atoms with van der Waals surface area (Å²) in [5.74, 6) is 6.59. The Morgan fingerprint density at radius 3 is 3.12 bits per heavy atom. The highest BCUT2D eigenvalue weighted by molar-refractivity contribution is 5.78. The first kappa shape index (κ1) is 10.9. The first-order valence-corrected chi connectivity index (χ1v) is 5.38. The molecule has 5 nitrogen and oxygen atoms in total. The average molecular weight is 220 g/mol. The number of hydrogen-bond acceptors (Lipinski definition) is 4. The number of aromatic nitrogens is 1. The van der Waals surface area contributed by atoms with E-state index in [2.05, 4.69) is 17.3 Å². The molecular weight excluding hydrogens is 204 g/mol. The number of anilines is 1. The lowest BCUT2D eigenvalue weighted by molar-refractivity contribution is -0.128. The third-order valence-corrected chi connectivity index (χ3v) is 2.75. The minimum Gasteiger partial charge on any atom is -0.338 e. The highest BCUT2D eigenvalue weighted by atomic mass is 16.2. The molecular formula is C11H16N4O. The first-order valence-electron chi connectivity index (χ1n) is 5.38. The SMILES string of the molecule is CC1CC(=O)N(Cc2ccnc(NN)c2)C1. The van der Waals surface area contributed by atoms with Crippen molar-refractivity contribution >= 4 is 11.7 Å². The van der Waals surface area contributed by atoms with E-state index in [0.29, 0.717) is 24.7 Å². The number of likely N-dealkylation sites (tertiary alicyclic amines) is 1. The van der Waals surface area contributed by atoms with Crippen LogP contribution in [0.4, 0.5) is 5.82 Å². The smallest absolute Gasteiger partial charge is 0.223 e. The molecule has 1 saturated heterocycles. The van der Waals surface area contributed by atoms with Crippen molar-refractivity contribution in [3.63, 3.8) is 0 Å². The Hall–Kier alpha value is -1.62. The third kappa shape index (κ3) is 2.30. The van der Waals surface area contributed by atoms with Crippen molar-refractivity contribution in [3.05, 3.63) is 23.9 Å². The van der Waals surface area contributed by atoms with Gasteiger partial charge in [0.25, 0.3) is 0 Å². The minimum absolute atomic E-state index is 0.228. The fourth-order valence-corrected chi connectivity index (χ4v) is 1.99. The zero-order chi connectivity index (χ0) is 11.5. The van der Waals surface area contributed by atoms with Gasteiger partial charge >= 0.3 is 0 Å². The number of nitrogen functional groups attached to an aromatic ring is 1. The van der Waals surface area contributed by atoms with Gasteiger partial charge in [0.1, 0.15) is 5.82 Å². The van der Waals surface area contributed by atoms with Crippen LogP contribution in [0.2, 0.25) is 0 Å². The molecule has 0 bridgehead atoms. The summed E-state index contributed by atoms with van der Waals surface area (Å²) in [6.07, 6.45) is 2.35. The van der Waals surface area contributed by atoms with Crippen molar-refractivity contribution in [1.82, 2.24) is 9.88 Å². The van der Waals surface area contributed by atoms with E-state index in [4.69, 9.17) is 5.84 Å². The molecule has 5 heteroatoms. The number of nitrogens with zero attached hydrogens (tertiary/aromatic N) is 2. The lowest BCUT2D eigenvalue weighted by Gasteiger charge is -2.16. The van der Waals surface area contributed by atoms with Crippen LogP contribution in [0.1, 0.15) is 18.9 Å². The summed E-state index contributed by atoms with van der Waals surface area (Å²) >= 11 is 0. The fourth-order valence-electron chi connectivity index (χ4n) is 1.99.